The molecule has 0 aliphatic carbocycles. The molecular formula is C14H9BrClF2NO. The van der Waals surface area contributed by atoms with Crippen molar-refractivity contribution in [3.8, 4) is 0 Å². The summed E-state index contributed by atoms with van der Waals surface area (Å²) in [6.45, 7) is -0.0575. The molecule has 1 fully saturated rings. The molecule has 1 saturated heterocycles. The zero-order valence-corrected chi connectivity index (χ0v) is 12.5. The fraction of sp³-hybridized carbons (Fsp3) is 0.214. The Balaban J connectivity index is 2.04. The summed E-state index contributed by atoms with van der Waals surface area (Å²) in [5.74, 6) is -3.22. The molecule has 2 heterocycles. The Kier molecular flexibility index (Phi) is 3.31. The Morgan fingerprint density at radius 3 is 2.60 bits per heavy atom. The van der Waals surface area contributed by atoms with Crippen LogP contribution in [0.4, 0.5) is 8.78 Å². The van der Waals surface area contributed by atoms with Crippen molar-refractivity contribution in [2.24, 2.45) is 0 Å². The number of alkyl halides is 2. The molecule has 0 spiro atoms. The lowest BCUT2D eigenvalue weighted by atomic mass is 9.91. The third kappa shape index (κ3) is 2.14. The van der Waals surface area contributed by atoms with Crippen LogP contribution in [0.15, 0.2) is 47.1 Å². The first-order valence-corrected chi connectivity index (χ1v) is 7.03. The summed E-state index contributed by atoms with van der Waals surface area (Å²) in [5.41, 5.74) is -1.63. The number of benzene rings is 1. The van der Waals surface area contributed by atoms with E-state index in [0.29, 0.717) is 15.1 Å². The zero-order chi connectivity index (χ0) is 14.4. The van der Waals surface area contributed by atoms with Gasteiger partial charge in [-0.15, -0.1) is 0 Å². The van der Waals surface area contributed by atoms with Gasteiger partial charge < -0.3 is 4.74 Å². The zero-order valence-electron chi connectivity index (χ0n) is 10.1. The van der Waals surface area contributed by atoms with Gasteiger partial charge in [0.1, 0.15) is 5.69 Å². The third-order valence-electron chi connectivity index (χ3n) is 3.28. The topological polar surface area (TPSA) is 25.4 Å². The maximum absolute atomic E-state index is 14.7. The maximum Gasteiger partial charge on any atom is 0.324 e. The normalized spacial score (nSPS) is 21.8. The third-order valence-corrected chi connectivity index (χ3v) is 3.98. The number of pyridine rings is 1. The van der Waals surface area contributed by atoms with Gasteiger partial charge in [-0.1, -0.05) is 23.7 Å². The highest BCUT2D eigenvalue weighted by atomic mass is 79.9. The van der Waals surface area contributed by atoms with E-state index in [-0.39, 0.29) is 12.3 Å². The average Bonchev–Trinajstić information content (AvgIpc) is 3.21. The lowest BCUT2D eigenvalue weighted by molar-refractivity contribution is -0.0889. The smallest absolute Gasteiger partial charge is 0.324 e. The largest absolute Gasteiger partial charge is 0.357 e. The lowest BCUT2D eigenvalue weighted by Gasteiger charge is -2.23. The first kappa shape index (κ1) is 13.9. The van der Waals surface area contributed by atoms with Crippen LogP contribution in [-0.2, 0) is 16.3 Å². The molecule has 3 rings (SSSR count). The van der Waals surface area contributed by atoms with Gasteiger partial charge in [0.2, 0.25) is 0 Å². The van der Waals surface area contributed by atoms with Crippen LogP contribution in [0.2, 0.25) is 5.02 Å². The monoisotopic (exact) mass is 359 g/mol. The maximum atomic E-state index is 14.7. The molecule has 1 atom stereocenters. The molecule has 1 aliphatic heterocycles. The predicted octanol–water partition coefficient (Wildman–Crippen LogP) is 4.52. The van der Waals surface area contributed by atoms with Crippen LogP contribution < -0.4 is 0 Å². The number of ether oxygens (including phenoxy) is 1. The van der Waals surface area contributed by atoms with Gasteiger partial charge in [0.05, 0.1) is 6.61 Å². The number of rotatable bonds is 3. The number of hydrogen-bond donors (Lipinski definition) is 0. The summed E-state index contributed by atoms with van der Waals surface area (Å²) in [7, 11) is 0. The Labute approximate surface area is 127 Å². The molecule has 0 amide bonds. The van der Waals surface area contributed by atoms with Crippen molar-refractivity contribution >= 4 is 27.5 Å². The van der Waals surface area contributed by atoms with Crippen LogP contribution in [0.1, 0.15) is 11.3 Å². The molecule has 0 radical (unpaired) electrons. The van der Waals surface area contributed by atoms with Crippen molar-refractivity contribution in [3.63, 3.8) is 0 Å². The van der Waals surface area contributed by atoms with E-state index in [2.05, 4.69) is 20.9 Å². The molecule has 20 heavy (non-hydrogen) atoms. The van der Waals surface area contributed by atoms with Crippen LogP contribution in [0.5, 0.6) is 0 Å². The highest BCUT2D eigenvalue weighted by Gasteiger charge is 2.67. The van der Waals surface area contributed by atoms with Gasteiger partial charge >= 0.3 is 5.92 Å². The van der Waals surface area contributed by atoms with Gasteiger partial charge in [0.15, 0.2) is 5.60 Å². The summed E-state index contributed by atoms with van der Waals surface area (Å²) in [4.78, 5) is 3.79. The molecule has 2 nitrogen and oxygen atoms in total. The Morgan fingerprint density at radius 2 is 2.05 bits per heavy atom. The average molecular weight is 361 g/mol. The Bertz CT molecular complexity index is 644. The molecule has 1 unspecified atom stereocenters. The lowest BCUT2D eigenvalue weighted by Crippen LogP contribution is -2.33. The van der Waals surface area contributed by atoms with Crippen LogP contribution >= 0.6 is 27.5 Å². The highest BCUT2D eigenvalue weighted by Crippen LogP contribution is 2.55. The van der Waals surface area contributed by atoms with Crippen molar-refractivity contribution < 1.29 is 13.5 Å². The first-order chi connectivity index (χ1) is 9.46. The summed E-state index contributed by atoms with van der Waals surface area (Å²) in [5, 5.41) is 0.400. The number of nitrogens with zero attached hydrogens (tertiary/aromatic N) is 1. The predicted molar refractivity (Wildman–Crippen MR) is 74.9 cm³/mol. The molecule has 0 saturated carbocycles. The van der Waals surface area contributed by atoms with Gasteiger partial charge in [-0.2, -0.15) is 8.78 Å². The summed E-state index contributed by atoms with van der Waals surface area (Å²) in [6, 6.07) is 9.18. The summed E-state index contributed by atoms with van der Waals surface area (Å²) < 4.78 is 35.2. The molecule has 104 valence electrons. The number of halogens is 4. The second kappa shape index (κ2) is 4.76. The van der Waals surface area contributed by atoms with E-state index < -0.39 is 11.5 Å². The van der Waals surface area contributed by atoms with Crippen molar-refractivity contribution in [2.75, 3.05) is 6.61 Å². The quantitative estimate of drug-likeness (QED) is 0.752. The van der Waals surface area contributed by atoms with E-state index in [4.69, 9.17) is 16.3 Å². The minimum atomic E-state index is -3.22. The van der Waals surface area contributed by atoms with E-state index in [1.54, 1.807) is 18.2 Å². The molecule has 0 bridgehead atoms. The van der Waals surface area contributed by atoms with E-state index in [0.717, 1.165) is 0 Å². The van der Waals surface area contributed by atoms with E-state index in [1.807, 2.05) is 0 Å². The SMILES string of the molecule is FC(F)(c1ccc(Br)cn1)C1(c2cccc(Cl)c2)CO1. The van der Waals surface area contributed by atoms with Gasteiger partial charge in [0, 0.05) is 15.7 Å². The number of aromatic nitrogens is 1. The number of hydrogen-bond acceptors (Lipinski definition) is 2. The second-order valence-corrected chi connectivity index (χ2v) is 5.91. The molecule has 1 aromatic carbocycles. The minimum Gasteiger partial charge on any atom is -0.357 e. The van der Waals surface area contributed by atoms with Crippen molar-refractivity contribution in [2.45, 2.75) is 11.5 Å². The second-order valence-electron chi connectivity index (χ2n) is 4.56. The van der Waals surface area contributed by atoms with Crippen LogP contribution in [0, 0.1) is 0 Å². The van der Waals surface area contributed by atoms with Crippen LogP contribution in [0.25, 0.3) is 0 Å². The van der Waals surface area contributed by atoms with Crippen molar-refractivity contribution in [3.05, 3.63) is 63.3 Å². The number of epoxide rings is 1. The molecule has 6 heteroatoms. The van der Waals surface area contributed by atoms with E-state index >= 15 is 0 Å². The highest BCUT2D eigenvalue weighted by molar-refractivity contribution is 9.10. The fourth-order valence-corrected chi connectivity index (χ4v) is 2.53. The van der Waals surface area contributed by atoms with Crippen LogP contribution in [0.3, 0.4) is 0 Å². The minimum absolute atomic E-state index is 0.0575. The van der Waals surface area contributed by atoms with Gasteiger partial charge in [-0.05, 0) is 45.8 Å². The molecule has 2 aromatic rings. The van der Waals surface area contributed by atoms with E-state index in [1.165, 1.54) is 24.4 Å². The van der Waals surface area contributed by atoms with E-state index in [9.17, 15) is 8.78 Å². The summed E-state index contributed by atoms with van der Waals surface area (Å²) >= 11 is 9.05. The standard InChI is InChI=1S/C14H9BrClF2NO/c15-10-4-5-12(19-7-10)14(17,18)13(8-20-13)9-2-1-3-11(16)6-9/h1-7H,8H2. The molecule has 1 aromatic heterocycles. The fourth-order valence-electron chi connectivity index (χ4n) is 2.11. The van der Waals surface area contributed by atoms with Gasteiger partial charge in [-0.25, -0.2) is 0 Å². The first-order valence-electron chi connectivity index (χ1n) is 5.85. The van der Waals surface area contributed by atoms with Crippen molar-refractivity contribution in [1.29, 1.82) is 0 Å². The van der Waals surface area contributed by atoms with Crippen LogP contribution in [-0.4, -0.2) is 11.6 Å². The molecule has 0 N–H and O–H groups in total. The van der Waals surface area contributed by atoms with Crippen molar-refractivity contribution in [1.82, 2.24) is 4.98 Å². The summed E-state index contributed by atoms with van der Waals surface area (Å²) in [6.07, 6.45) is 1.34. The molecule has 1 aliphatic rings. The molecular weight excluding hydrogens is 352 g/mol. The Morgan fingerprint density at radius 1 is 1.30 bits per heavy atom. The Hall–Kier alpha value is -1.04. The van der Waals surface area contributed by atoms with Gasteiger partial charge in [0.25, 0.3) is 0 Å². The van der Waals surface area contributed by atoms with Gasteiger partial charge in [-0.3, -0.25) is 4.98 Å².